The number of carbonyl (C=O) groups excluding carboxylic acids is 1. The summed E-state index contributed by atoms with van der Waals surface area (Å²) in [6, 6.07) is 23.3. The lowest BCUT2D eigenvalue weighted by molar-refractivity contribution is -0.123. The van der Waals surface area contributed by atoms with E-state index in [1.165, 1.54) is 10.5 Å². The minimum absolute atomic E-state index is 0.160. The molecule has 1 amide bonds. The molecule has 4 nitrogen and oxygen atoms in total. The zero-order valence-corrected chi connectivity index (χ0v) is 16.8. The molecule has 28 heavy (non-hydrogen) atoms. The first-order chi connectivity index (χ1) is 13.6. The molecule has 1 N–H and O–H groups in total. The first-order valence-corrected chi connectivity index (χ1v) is 9.83. The number of para-hydroxylation sites is 1. The number of ether oxygens (including phenoxy) is 1. The van der Waals surface area contributed by atoms with E-state index in [1.807, 2.05) is 24.3 Å². The molecule has 0 fully saturated rings. The van der Waals surface area contributed by atoms with Crippen LogP contribution in [0.15, 0.2) is 87.7 Å². The maximum atomic E-state index is 11.8. The standard InChI is InChI=1S/C22H19ClN2O2S/c1-16-6-10-18(11-7-16)28-19-12-8-17(9-13-19)14-24-25-22(26)15-27-21-5-3-2-4-20(21)23/h2-14H,15H2,1H3,(H,25,26)/b24-14+. The van der Waals surface area contributed by atoms with E-state index in [-0.39, 0.29) is 12.5 Å². The monoisotopic (exact) mass is 410 g/mol. The summed E-state index contributed by atoms with van der Waals surface area (Å²) in [6.45, 7) is 1.91. The van der Waals surface area contributed by atoms with Crippen LogP contribution in [0.25, 0.3) is 0 Å². The number of hydrazone groups is 1. The largest absolute Gasteiger partial charge is 0.482 e. The summed E-state index contributed by atoms with van der Waals surface area (Å²) < 4.78 is 5.36. The number of amides is 1. The van der Waals surface area contributed by atoms with Gasteiger partial charge in [0.15, 0.2) is 6.61 Å². The molecular formula is C22H19ClN2O2S. The number of halogens is 1. The Morgan fingerprint density at radius 2 is 1.68 bits per heavy atom. The van der Waals surface area contributed by atoms with Gasteiger partial charge in [0.05, 0.1) is 11.2 Å². The predicted molar refractivity (Wildman–Crippen MR) is 114 cm³/mol. The van der Waals surface area contributed by atoms with E-state index in [0.29, 0.717) is 10.8 Å². The number of nitrogens with zero attached hydrogens (tertiary/aromatic N) is 1. The third-order valence-electron chi connectivity index (χ3n) is 3.74. The minimum Gasteiger partial charge on any atom is -0.482 e. The first-order valence-electron chi connectivity index (χ1n) is 8.64. The van der Waals surface area contributed by atoms with Gasteiger partial charge in [0.2, 0.25) is 0 Å². The van der Waals surface area contributed by atoms with E-state index in [2.05, 4.69) is 41.7 Å². The molecule has 0 unspecified atom stereocenters. The number of carbonyl (C=O) groups is 1. The second-order valence-electron chi connectivity index (χ2n) is 6.00. The van der Waals surface area contributed by atoms with Gasteiger partial charge in [-0.1, -0.05) is 65.3 Å². The number of aryl methyl sites for hydroxylation is 1. The van der Waals surface area contributed by atoms with Crippen LogP contribution in [-0.2, 0) is 4.79 Å². The van der Waals surface area contributed by atoms with E-state index >= 15 is 0 Å². The van der Waals surface area contributed by atoms with Crippen molar-refractivity contribution in [3.8, 4) is 5.75 Å². The molecule has 142 valence electrons. The third-order valence-corrected chi connectivity index (χ3v) is 5.06. The SMILES string of the molecule is Cc1ccc(Sc2ccc(/C=N/NC(=O)COc3ccccc3Cl)cc2)cc1. The van der Waals surface area contributed by atoms with Crippen LogP contribution < -0.4 is 10.2 Å². The van der Waals surface area contributed by atoms with Crippen molar-refractivity contribution in [2.75, 3.05) is 6.61 Å². The van der Waals surface area contributed by atoms with Crippen LogP contribution in [0.5, 0.6) is 5.75 Å². The van der Waals surface area contributed by atoms with E-state index in [0.717, 1.165) is 10.5 Å². The molecule has 0 spiro atoms. The van der Waals surface area contributed by atoms with Crippen molar-refractivity contribution in [2.24, 2.45) is 5.10 Å². The van der Waals surface area contributed by atoms with Gasteiger partial charge in [0, 0.05) is 9.79 Å². The van der Waals surface area contributed by atoms with Crippen molar-refractivity contribution in [3.63, 3.8) is 0 Å². The van der Waals surface area contributed by atoms with Crippen molar-refractivity contribution in [3.05, 3.63) is 88.9 Å². The van der Waals surface area contributed by atoms with Crippen LogP contribution in [0, 0.1) is 6.92 Å². The van der Waals surface area contributed by atoms with E-state index in [9.17, 15) is 4.79 Å². The molecule has 3 aromatic carbocycles. The molecule has 0 atom stereocenters. The Kier molecular flexibility index (Phi) is 7.12. The highest BCUT2D eigenvalue weighted by Crippen LogP contribution is 2.27. The smallest absolute Gasteiger partial charge is 0.277 e. The number of rotatable bonds is 7. The summed E-state index contributed by atoms with van der Waals surface area (Å²) in [6.07, 6.45) is 1.59. The number of benzene rings is 3. The van der Waals surface area contributed by atoms with Crippen LogP contribution in [0.2, 0.25) is 5.02 Å². The molecule has 0 aliphatic heterocycles. The van der Waals surface area contributed by atoms with Crippen molar-refractivity contribution in [1.29, 1.82) is 0 Å². The van der Waals surface area contributed by atoms with Crippen molar-refractivity contribution < 1.29 is 9.53 Å². The molecule has 3 aromatic rings. The Bertz CT molecular complexity index is 957. The molecule has 0 radical (unpaired) electrons. The Morgan fingerprint density at radius 3 is 2.36 bits per heavy atom. The normalized spacial score (nSPS) is 10.8. The number of nitrogens with one attached hydrogen (secondary N) is 1. The molecule has 0 aliphatic carbocycles. The number of hydrogen-bond acceptors (Lipinski definition) is 4. The Hall–Kier alpha value is -2.76. The van der Waals surface area contributed by atoms with Crippen LogP contribution in [-0.4, -0.2) is 18.7 Å². The van der Waals surface area contributed by atoms with Gasteiger partial charge in [-0.05, 0) is 48.9 Å². The van der Waals surface area contributed by atoms with Gasteiger partial charge in [-0.25, -0.2) is 5.43 Å². The molecule has 0 heterocycles. The van der Waals surface area contributed by atoms with Crippen molar-refractivity contribution >= 4 is 35.5 Å². The predicted octanol–water partition coefficient (Wildman–Crippen LogP) is 5.33. The van der Waals surface area contributed by atoms with Gasteiger partial charge >= 0.3 is 0 Å². The molecule has 0 saturated heterocycles. The minimum atomic E-state index is -0.359. The Labute approximate surface area is 173 Å². The van der Waals surface area contributed by atoms with Crippen LogP contribution in [0.3, 0.4) is 0 Å². The summed E-state index contributed by atoms with van der Waals surface area (Å²) >= 11 is 7.67. The Balaban J connectivity index is 1.47. The second kappa shape index (κ2) is 9.97. The second-order valence-corrected chi connectivity index (χ2v) is 7.55. The molecular weight excluding hydrogens is 392 g/mol. The summed E-state index contributed by atoms with van der Waals surface area (Å²) in [5.74, 6) is 0.104. The van der Waals surface area contributed by atoms with Crippen LogP contribution >= 0.6 is 23.4 Å². The fraction of sp³-hybridized carbons (Fsp3) is 0.0909. The van der Waals surface area contributed by atoms with Gasteiger partial charge in [-0.15, -0.1) is 0 Å². The summed E-state index contributed by atoms with van der Waals surface area (Å²) in [7, 11) is 0. The maximum absolute atomic E-state index is 11.8. The lowest BCUT2D eigenvalue weighted by Crippen LogP contribution is -2.24. The Morgan fingerprint density at radius 1 is 1.04 bits per heavy atom. The molecule has 0 aromatic heterocycles. The van der Waals surface area contributed by atoms with Crippen molar-refractivity contribution in [1.82, 2.24) is 5.43 Å². The summed E-state index contributed by atoms with van der Waals surface area (Å²) in [5, 5.41) is 4.42. The van der Waals surface area contributed by atoms with Gasteiger partial charge in [0.25, 0.3) is 5.91 Å². The maximum Gasteiger partial charge on any atom is 0.277 e. The summed E-state index contributed by atoms with van der Waals surface area (Å²) in [4.78, 5) is 14.1. The highest BCUT2D eigenvalue weighted by Gasteiger charge is 2.04. The first kappa shape index (κ1) is 20.0. The fourth-order valence-corrected chi connectivity index (χ4v) is 3.29. The van der Waals surface area contributed by atoms with Gasteiger partial charge < -0.3 is 4.74 Å². The lowest BCUT2D eigenvalue weighted by Gasteiger charge is -2.06. The average Bonchev–Trinajstić information content (AvgIpc) is 2.70. The van der Waals surface area contributed by atoms with E-state index in [1.54, 1.807) is 42.2 Å². The lowest BCUT2D eigenvalue weighted by atomic mass is 10.2. The molecule has 6 heteroatoms. The molecule has 0 saturated carbocycles. The summed E-state index contributed by atoms with van der Waals surface area (Å²) in [5.41, 5.74) is 4.57. The molecule has 3 rings (SSSR count). The van der Waals surface area contributed by atoms with Gasteiger partial charge in [-0.3, -0.25) is 4.79 Å². The van der Waals surface area contributed by atoms with Crippen LogP contribution in [0.4, 0.5) is 0 Å². The topological polar surface area (TPSA) is 50.7 Å². The average molecular weight is 411 g/mol. The van der Waals surface area contributed by atoms with Gasteiger partial charge in [0.1, 0.15) is 5.75 Å². The van der Waals surface area contributed by atoms with Gasteiger partial charge in [-0.2, -0.15) is 5.10 Å². The molecule has 0 bridgehead atoms. The number of hydrogen-bond donors (Lipinski definition) is 1. The quantitative estimate of drug-likeness (QED) is 0.423. The van der Waals surface area contributed by atoms with E-state index in [4.69, 9.17) is 16.3 Å². The van der Waals surface area contributed by atoms with Crippen LogP contribution in [0.1, 0.15) is 11.1 Å². The van der Waals surface area contributed by atoms with E-state index < -0.39 is 0 Å². The van der Waals surface area contributed by atoms with Crippen molar-refractivity contribution in [2.45, 2.75) is 16.7 Å². The zero-order valence-electron chi connectivity index (χ0n) is 15.3. The molecule has 0 aliphatic rings. The highest BCUT2D eigenvalue weighted by atomic mass is 35.5. The third kappa shape index (κ3) is 6.15. The zero-order chi connectivity index (χ0) is 19.8. The highest BCUT2D eigenvalue weighted by molar-refractivity contribution is 7.99. The fourth-order valence-electron chi connectivity index (χ4n) is 2.28.